The lowest BCUT2D eigenvalue weighted by Crippen LogP contribution is -2.30. The number of halogens is 1. The minimum Gasteiger partial charge on any atom is -0.508 e. The first kappa shape index (κ1) is 20.1. The van der Waals surface area contributed by atoms with Crippen LogP contribution in [-0.4, -0.2) is 21.9 Å². The van der Waals surface area contributed by atoms with Gasteiger partial charge in [-0.2, -0.15) is 0 Å². The minimum atomic E-state index is -0.940. The lowest BCUT2D eigenvalue weighted by Gasteiger charge is -2.26. The summed E-state index contributed by atoms with van der Waals surface area (Å²) in [6.45, 7) is 0. The van der Waals surface area contributed by atoms with E-state index in [2.05, 4.69) is 15.9 Å². The topological polar surface area (TPSA) is 91.0 Å². The first-order valence-corrected chi connectivity index (χ1v) is 10.6. The predicted molar refractivity (Wildman–Crippen MR) is 123 cm³/mol. The smallest absolute Gasteiger partial charge is 0.294 e. The van der Waals surface area contributed by atoms with Crippen LogP contribution in [0.2, 0.25) is 0 Å². The summed E-state index contributed by atoms with van der Waals surface area (Å²) in [5.41, 5.74) is 1.39. The molecule has 1 aliphatic rings. The maximum Gasteiger partial charge on any atom is 0.294 e. The minimum absolute atomic E-state index is 0.00696. The second kappa shape index (κ2) is 7.69. The van der Waals surface area contributed by atoms with Gasteiger partial charge in [0.2, 0.25) is 5.78 Å². The number of para-hydroxylation sites is 1. The van der Waals surface area contributed by atoms with Crippen molar-refractivity contribution in [2.24, 2.45) is 0 Å². The van der Waals surface area contributed by atoms with E-state index in [4.69, 9.17) is 4.42 Å². The van der Waals surface area contributed by atoms with Crippen LogP contribution in [0.4, 0.5) is 5.69 Å². The summed E-state index contributed by atoms with van der Waals surface area (Å²) in [7, 11) is 0. The Hall–Kier alpha value is -3.84. The zero-order valence-electron chi connectivity index (χ0n) is 16.5. The molecule has 1 aromatic heterocycles. The number of carbonyl (C=O) groups is 2. The van der Waals surface area contributed by atoms with Crippen molar-refractivity contribution in [3.63, 3.8) is 0 Å². The van der Waals surface area contributed by atoms with Crippen LogP contribution in [0.5, 0.6) is 5.75 Å². The number of fused-ring (bicyclic) bond motifs is 1. The second-order valence-electron chi connectivity index (χ2n) is 7.39. The van der Waals surface area contributed by atoms with Gasteiger partial charge in [-0.25, -0.2) is 0 Å². The first-order valence-electron chi connectivity index (χ1n) is 9.78. The Morgan fingerprint density at radius 2 is 1.72 bits per heavy atom. The number of nitrogens with zero attached hydrogens (tertiary/aromatic N) is 1. The monoisotopic (exact) mass is 489 g/mol. The molecular formula is C25H16BrNO5. The Morgan fingerprint density at radius 3 is 2.47 bits per heavy atom. The lowest BCUT2D eigenvalue weighted by molar-refractivity contribution is -0.117. The van der Waals surface area contributed by atoms with E-state index in [0.29, 0.717) is 22.2 Å². The van der Waals surface area contributed by atoms with Gasteiger partial charge in [0.25, 0.3) is 5.91 Å². The number of benzene rings is 3. The van der Waals surface area contributed by atoms with Crippen LogP contribution in [0.3, 0.4) is 0 Å². The van der Waals surface area contributed by atoms with E-state index in [9.17, 15) is 19.8 Å². The third-order valence-corrected chi connectivity index (χ3v) is 5.87. The number of aromatic hydroxyl groups is 1. The number of hydrogen-bond donors (Lipinski definition) is 2. The molecule has 0 bridgehead atoms. The summed E-state index contributed by atoms with van der Waals surface area (Å²) in [5.74, 6) is -1.96. The van der Waals surface area contributed by atoms with Crippen LogP contribution in [-0.2, 0) is 4.79 Å². The van der Waals surface area contributed by atoms with Crippen molar-refractivity contribution in [2.45, 2.75) is 6.04 Å². The molecule has 0 aliphatic carbocycles. The number of hydrogen-bond acceptors (Lipinski definition) is 5. The van der Waals surface area contributed by atoms with E-state index in [1.54, 1.807) is 60.7 Å². The van der Waals surface area contributed by atoms with Crippen molar-refractivity contribution in [1.82, 2.24) is 0 Å². The van der Waals surface area contributed by atoms with Crippen molar-refractivity contribution < 1.29 is 24.2 Å². The highest BCUT2D eigenvalue weighted by Crippen LogP contribution is 2.42. The summed E-state index contributed by atoms with van der Waals surface area (Å²) in [5, 5.41) is 21.5. The zero-order valence-corrected chi connectivity index (χ0v) is 18.1. The Bertz CT molecular complexity index is 1410. The molecule has 1 atom stereocenters. The van der Waals surface area contributed by atoms with E-state index >= 15 is 0 Å². The maximum atomic E-state index is 13.5. The number of aliphatic hydroxyl groups excluding tert-OH is 1. The van der Waals surface area contributed by atoms with E-state index in [0.717, 1.165) is 4.47 Å². The molecule has 3 aromatic carbocycles. The van der Waals surface area contributed by atoms with E-state index in [1.165, 1.54) is 17.0 Å². The van der Waals surface area contributed by atoms with Gasteiger partial charge in [0, 0.05) is 15.5 Å². The number of anilines is 1. The number of carbonyl (C=O) groups excluding carboxylic acids is 2. The number of Topliss-reactive ketones (excluding diaryl/α,β-unsaturated/α-hetero) is 1. The Balaban J connectivity index is 1.67. The van der Waals surface area contributed by atoms with Gasteiger partial charge >= 0.3 is 0 Å². The molecule has 2 N–H and O–H groups in total. The van der Waals surface area contributed by atoms with Crippen LogP contribution in [0.25, 0.3) is 11.0 Å². The molecule has 158 valence electrons. The molecule has 6 nitrogen and oxygen atoms in total. The Morgan fingerprint density at radius 1 is 0.938 bits per heavy atom. The fourth-order valence-electron chi connectivity index (χ4n) is 3.96. The molecule has 1 unspecified atom stereocenters. The average molecular weight is 490 g/mol. The van der Waals surface area contributed by atoms with Gasteiger partial charge in [-0.05, 0) is 54.1 Å². The molecule has 0 fully saturated rings. The van der Waals surface area contributed by atoms with Gasteiger partial charge < -0.3 is 14.6 Å². The Kier molecular flexibility index (Phi) is 4.83. The molecule has 2 heterocycles. The third-order valence-electron chi connectivity index (χ3n) is 5.38. The zero-order chi connectivity index (χ0) is 22.4. The Labute approximate surface area is 191 Å². The SMILES string of the molecule is O=C(C1=C(O)C(=O)N(c2ccccc2)C1c1cccc(O)c1)c1cc2cc(Br)ccc2o1. The van der Waals surface area contributed by atoms with Gasteiger partial charge in [0.15, 0.2) is 11.5 Å². The largest absolute Gasteiger partial charge is 0.508 e. The number of phenolic OH excluding ortho intramolecular Hbond substituents is 1. The summed E-state index contributed by atoms with van der Waals surface area (Å²) >= 11 is 3.39. The molecule has 0 saturated heterocycles. The van der Waals surface area contributed by atoms with Crippen LogP contribution in [0.1, 0.15) is 22.2 Å². The molecule has 7 heteroatoms. The highest BCUT2D eigenvalue weighted by Gasteiger charge is 2.45. The number of ketones is 1. The van der Waals surface area contributed by atoms with Crippen molar-refractivity contribution in [1.29, 1.82) is 0 Å². The number of rotatable bonds is 4. The molecule has 5 rings (SSSR count). The van der Waals surface area contributed by atoms with Crippen LogP contribution >= 0.6 is 15.9 Å². The number of aliphatic hydroxyl groups is 1. The molecule has 32 heavy (non-hydrogen) atoms. The quantitative estimate of drug-likeness (QED) is 0.359. The first-order chi connectivity index (χ1) is 15.4. The predicted octanol–water partition coefficient (Wildman–Crippen LogP) is 5.68. The highest BCUT2D eigenvalue weighted by atomic mass is 79.9. The molecule has 0 radical (unpaired) electrons. The standard InChI is InChI=1S/C25H16BrNO5/c26-16-9-10-19-15(11-16)13-20(32-19)23(29)21-22(14-5-4-8-18(28)12-14)27(25(31)24(21)30)17-6-2-1-3-7-17/h1-13,22,28,30H. The fraction of sp³-hybridized carbons (Fsp3) is 0.0400. The van der Waals surface area contributed by atoms with Crippen molar-refractivity contribution in [2.75, 3.05) is 4.90 Å². The normalized spacial score (nSPS) is 16.2. The van der Waals surface area contributed by atoms with Crippen molar-refractivity contribution >= 4 is 44.3 Å². The molecule has 4 aromatic rings. The van der Waals surface area contributed by atoms with E-state index < -0.39 is 23.5 Å². The van der Waals surface area contributed by atoms with Gasteiger partial charge in [0.1, 0.15) is 11.3 Å². The van der Waals surface area contributed by atoms with Gasteiger partial charge in [-0.3, -0.25) is 14.5 Å². The molecule has 1 amide bonds. The van der Waals surface area contributed by atoms with Gasteiger partial charge in [-0.15, -0.1) is 0 Å². The number of amides is 1. The van der Waals surface area contributed by atoms with Crippen LogP contribution in [0, 0.1) is 0 Å². The lowest BCUT2D eigenvalue weighted by atomic mass is 9.94. The second-order valence-corrected chi connectivity index (χ2v) is 8.31. The third kappa shape index (κ3) is 3.27. The summed E-state index contributed by atoms with van der Waals surface area (Å²) in [6.07, 6.45) is 0. The van der Waals surface area contributed by atoms with E-state index in [1.807, 2.05) is 6.07 Å². The van der Waals surface area contributed by atoms with Crippen molar-refractivity contribution in [3.05, 3.63) is 106 Å². The summed E-state index contributed by atoms with van der Waals surface area (Å²) in [4.78, 5) is 28.0. The maximum absolute atomic E-state index is 13.5. The highest BCUT2D eigenvalue weighted by molar-refractivity contribution is 9.10. The average Bonchev–Trinajstić information content (AvgIpc) is 3.32. The summed E-state index contributed by atoms with van der Waals surface area (Å²) < 4.78 is 6.56. The summed E-state index contributed by atoms with van der Waals surface area (Å²) in [6, 6.07) is 21.0. The molecule has 1 aliphatic heterocycles. The van der Waals surface area contributed by atoms with Crippen LogP contribution in [0.15, 0.2) is 99.1 Å². The number of furan rings is 1. The van der Waals surface area contributed by atoms with Crippen molar-refractivity contribution in [3.8, 4) is 5.75 Å². The molecular weight excluding hydrogens is 474 g/mol. The van der Waals surface area contributed by atoms with Gasteiger partial charge in [0.05, 0.1) is 11.6 Å². The molecule has 0 spiro atoms. The molecule has 0 saturated carbocycles. The fourth-order valence-corrected chi connectivity index (χ4v) is 4.34. The van der Waals surface area contributed by atoms with E-state index in [-0.39, 0.29) is 17.1 Å². The number of phenols is 1. The van der Waals surface area contributed by atoms with Gasteiger partial charge in [-0.1, -0.05) is 46.3 Å². The van der Waals surface area contributed by atoms with Crippen LogP contribution < -0.4 is 4.90 Å².